The molecular weight excluding hydrogens is 162 g/mol. The van der Waals surface area contributed by atoms with Crippen molar-refractivity contribution in [3.63, 3.8) is 0 Å². The summed E-state index contributed by atoms with van der Waals surface area (Å²) >= 11 is 0. The van der Waals surface area contributed by atoms with Gasteiger partial charge in [-0.25, -0.2) is 4.98 Å². The Morgan fingerprint density at radius 2 is 2.15 bits per heavy atom. The molecule has 3 nitrogen and oxygen atoms in total. The molecule has 2 N–H and O–H groups in total. The van der Waals surface area contributed by atoms with Crippen LogP contribution in [0.15, 0.2) is 12.4 Å². The molecule has 0 bridgehead atoms. The molecule has 1 rings (SSSR count). The number of hydrogen-bond donors (Lipinski definition) is 1. The van der Waals surface area contributed by atoms with Gasteiger partial charge in [0.15, 0.2) is 5.95 Å². The molecule has 0 saturated heterocycles. The zero-order valence-electron chi connectivity index (χ0n) is 8.91. The van der Waals surface area contributed by atoms with Crippen LogP contribution in [0.1, 0.15) is 27.7 Å². The summed E-state index contributed by atoms with van der Waals surface area (Å²) in [5.41, 5.74) is 6.00. The quantitative estimate of drug-likeness (QED) is 0.759. The Hall–Kier alpha value is -0.990. The summed E-state index contributed by atoms with van der Waals surface area (Å²) in [6.07, 6.45) is 3.67. The van der Waals surface area contributed by atoms with E-state index in [1.54, 1.807) is 6.20 Å². The molecular formula is C10H19N3. The Morgan fingerprint density at radius 3 is 2.54 bits per heavy atom. The Bertz CT molecular complexity index is 270. The molecule has 0 aliphatic heterocycles. The molecule has 13 heavy (non-hydrogen) atoms. The van der Waals surface area contributed by atoms with Gasteiger partial charge in [0.25, 0.3) is 0 Å². The number of nitrogens with two attached hydrogens (primary N) is 1. The first-order valence-corrected chi connectivity index (χ1v) is 4.68. The fourth-order valence-electron chi connectivity index (χ4n) is 1.06. The molecule has 3 heteroatoms. The van der Waals surface area contributed by atoms with Crippen LogP contribution in [-0.2, 0) is 6.54 Å². The maximum absolute atomic E-state index is 5.68. The van der Waals surface area contributed by atoms with E-state index in [-0.39, 0.29) is 0 Å². The number of nitrogen functional groups attached to an aromatic ring is 1. The first-order valence-electron chi connectivity index (χ1n) is 4.68. The first-order chi connectivity index (χ1) is 5.91. The van der Waals surface area contributed by atoms with Crippen LogP contribution in [-0.4, -0.2) is 9.55 Å². The number of anilines is 1. The number of rotatable bonds is 2. The van der Waals surface area contributed by atoms with Crippen LogP contribution in [0, 0.1) is 11.3 Å². The average molecular weight is 181 g/mol. The maximum atomic E-state index is 5.68. The van der Waals surface area contributed by atoms with Crippen LogP contribution < -0.4 is 5.73 Å². The first kappa shape index (κ1) is 10.1. The van der Waals surface area contributed by atoms with Gasteiger partial charge in [-0.3, -0.25) is 0 Å². The summed E-state index contributed by atoms with van der Waals surface area (Å²) in [5.74, 6) is 1.19. The van der Waals surface area contributed by atoms with Gasteiger partial charge in [0.05, 0.1) is 0 Å². The molecule has 74 valence electrons. The lowest BCUT2D eigenvalue weighted by molar-refractivity contribution is 0.234. The zero-order valence-corrected chi connectivity index (χ0v) is 8.91. The average Bonchev–Trinajstić information content (AvgIpc) is 2.34. The van der Waals surface area contributed by atoms with E-state index in [2.05, 4.69) is 32.7 Å². The van der Waals surface area contributed by atoms with Crippen molar-refractivity contribution in [3.8, 4) is 0 Å². The summed E-state index contributed by atoms with van der Waals surface area (Å²) in [5, 5.41) is 0. The topological polar surface area (TPSA) is 43.8 Å². The second-order valence-electron chi connectivity index (χ2n) is 4.70. The van der Waals surface area contributed by atoms with Crippen molar-refractivity contribution in [2.45, 2.75) is 34.2 Å². The van der Waals surface area contributed by atoms with Crippen LogP contribution in [0.2, 0.25) is 0 Å². The highest BCUT2D eigenvalue weighted by atomic mass is 15.1. The predicted octanol–water partition coefficient (Wildman–Crippen LogP) is 2.15. The molecule has 1 aromatic heterocycles. The SMILES string of the molecule is CC(Cn1ccnc1N)C(C)(C)C. The second kappa shape index (κ2) is 3.40. The van der Waals surface area contributed by atoms with Gasteiger partial charge in [0.1, 0.15) is 0 Å². The van der Waals surface area contributed by atoms with E-state index in [0.717, 1.165) is 6.54 Å². The minimum absolute atomic E-state index is 0.316. The van der Waals surface area contributed by atoms with E-state index in [1.807, 2.05) is 10.8 Å². The van der Waals surface area contributed by atoms with Gasteiger partial charge in [0, 0.05) is 18.9 Å². The third-order valence-corrected chi connectivity index (χ3v) is 2.70. The molecule has 0 saturated carbocycles. The number of imidazole rings is 1. The fourth-order valence-corrected chi connectivity index (χ4v) is 1.06. The Kier molecular flexibility index (Phi) is 2.64. The zero-order chi connectivity index (χ0) is 10.1. The Labute approximate surface area is 80.0 Å². The lowest BCUT2D eigenvalue weighted by atomic mass is 9.82. The molecule has 0 fully saturated rings. The summed E-state index contributed by atoms with van der Waals surface area (Å²) in [4.78, 5) is 3.99. The van der Waals surface area contributed by atoms with E-state index in [4.69, 9.17) is 5.73 Å². The predicted molar refractivity (Wildman–Crippen MR) is 55.3 cm³/mol. The van der Waals surface area contributed by atoms with Crippen LogP contribution in [0.4, 0.5) is 5.95 Å². The van der Waals surface area contributed by atoms with Crippen molar-refractivity contribution in [2.75, 3.05) is 5.73 Å². The van der Waals surface area contributed by atoms with Crippen molar-refractivity contribution >= 4 is 5.95 Å². The van der Waals surface area contributed by atoms with E-state index in [9.17, 15) is 0 Å². The number of nitrogens with zero attached hydrogens (tertiary/aromatic N) is 2. The number of hydrogen-bond acceptors (Lipinski definition) is 2. The van der Waals surface area contributed by atoms with Gasteiger partial charge in [-0.05, 0) is 11.3 Å². The molecule has 0 aromatic carbocycles. The molecule has 0 aliphatic carbocycles. The summed E-state index contributed by atoms with van der Waals surface area (Å²) in [6, 6.07) is 0. The fraction of sp³-hybridized carbons (Fsp3) is 0.700. The molecule has 0 radical (unpaired) electrons. The molecule has 0 spiro atoms. The highest BCUT2D eigenvalue weighted by Gasteiger charge is 2.20. The smallest absolute Gasteiger partial charge is 0.200 e. The highest BCUT2D eigenvalue weighted by molar-refractivity contribution is 5.16. The Morgan fingerprint density at radius 1 is 1.54 bits per heavy atom. The Balaban J connectivity index is 2.65. The third kappa shape index (κ3) is 2.47. The van der Waals surface area contributed by atoms with Crippen LogP contribution in [0.25, 0.3) is 0 Å². The van der Waals surface area contributed by atoms with E-state index < -0.39 is 0 Å². The molecule has 1 atom stereocenters. The van der Waals surface area contributed by atoms with Gasteiger partial charge in [0.2, 0.25) is 0 Å². The summed E-state index contributed by atoms with van der Waals surface area (Å²) in [7, 11) is 0. The minimum atomic E-state index is 0.316. The van der Waals surface area contributed by atoms with Gasteiger partial charge in [-0.15, -0.1) is 0 Å². The molecule has 0 amide bonds. The van der Waals surface area contributed by atoms with Gasteiger partial charge in [-0.1, -0.05) is 27.7 Å². The van der Waals surface area contributed by atoms with Gasteiger partial charge < -0.3 is 10.3 Å². The third-order valence-electron chi connectivity index (χ3n) is 2.70. The summed E-state index contributed by atoms with van der Waals surface area (Å²) in [6.45, 7) is 9.90. The van der Waals surface area contributed by atoms with Gasteiger partial charge in [-0.2, -0.15) is 0 Å². The van der Waals surface area contributed by atoms with Gasteiger partial charge >= 0.3 is 0 Å². The van der Waals surface area contributed by atoms with Crippen LogP contribution in [0.3, 0.4) is 0 Å². The number of aromatic nitrogens is 2. The van der Waals surface area contributed by atoms with Crippen molar-refractivity contribution in [2.24, 2.45) is 11.3 Å². The lowest BCUT2D eigenvalue weighted by Gasteiger charge is -2.27. The monoisotopic (exact) mass is 181 g/mol. The van der Waals surface area contributed by atoms with E-state index >= 15 is 0 Å². The van der Waals surface area contributed by atoms with Crippen molar-refractivity contribution in [1.29, 1.82) is 0 Å². The normalized spacial score (nSPS) is 14.5. The standard InChI is InChI=1S/C10H19N3/c1-8(10(2,3)4)7-13-6-5-12-9(13)11/h5-6,8H,7H2,1-4H3,(H2,11,12). The van der Waals surface area contributed by atoms with Crippen molar-refractivity contribution < 1.29 is 0 Å². The van der Waals surface area contributed by atoms with Crippen LogP contribution >= 0.6 is 0 Å². The molecule has 1 heterocycles. The second-order valence-corrected chi connectivity index (χ2v) is 4.70. The lowest BCUT2D eigenvalue weighted by Crippen LogP contribution is -2.22. The molecule has 0 aliphatic rings. The largest absolute Gasteiger partial charge is 0.369 e. The minimum Gasteiger partial charge on any atom is -0.369 e. The van der Waals surface area contributed by atoms with Crippen molar-refractivity contribution in [1.82, 2.24) is 9.55 Å². The van der Waals surface area contributed by atoms with Crippen LogP contribution in [0.5, 0.6) is 0 Å². The van der Waals surface area contributed by atoms with Crippen molar-refractivity contribution in [3.05, 3.63) is 12.4 Å². The maximum Gasteiger partial charge on any atom is 0.200 e. The summed E-state index contributed by atoms with van der Waals surface area (Å²) < 4.78 is 2.00. The highest BCUT2D eigenvalue weighted by Crippen LogP contribution is 2.27. The van der Waals surface area contributed by atoms with E-state index in [0.29, 0.717) is 17.3 Å². The molecule has 1 unspecified atom stereocenters. The van der Waals surface area contributed by atoms with E-state index in [1.165, 1.54) is 0 Å². The molecule has 1 aromatic rings.